The fourth-order valence-electron chi connectivity index (χ4n) is 1.66. The maximum absolute atomic E-state index is 10.0. The highest BCUT2D eigenvalue weighted by molar-refractivity contribution is 7.16. The van der Waals surface area contributed by atoms with Crippen LogP contribution in [0.3, 0.4) is 0 Å². The third-order valence-corrected chi connectivity index (χ3v) is 4.01. The number of aliphatic hydroxyl groups is 1. The molecule has 2 N–H and O–H groups in total. The van der Waals surface area contributed by atoms with Gasteiger partial charge in [0.2, 0.25) is 0 Å². The molecular formula is C12H20ClNOS. The van der Waals surface area contributed by atoms with Crippen LogP contribution in [-0.2, 0) is 0 Å². The second kappa shape index (κ2) is 6.01. The van der Waals surface area contributed by atoms with Gasteiger partial charge in [0.1, 0.15) is 0 Å². The molecule has 4 heteroatoms. The Balaban J connectivity index is 2.43. The summed E-state index contributed by atoms with van der Waals surface area (Å²) in [7, 11) is 0. The van der Waals surface area contributed by atoms with Crippen LogP contribution in [0.25, 0.3) is 0 Å². The molecule has 0 amide bonds. The van der Waals surface area contributed by atoms with Crippen molar-refractivity contribution in [3.8, 4) is 0 Å². The van der Waals surface area contributed by atoms with Crippen molar-refractivity contribution in [2.45, 2.75) is 45.3 Å². The summed E-state index contributed by atoms with van der Waals surface area (Å²) in [6, 6.07) is 4.17. The minimum Gasteiger partial charge on any atom is -0.389 e. The topological polar surface area (TPSA) is 32.3 Å². The SMILES string of the molecule is CCCC(C)(O)CNC(C)c1ccc(Cl)s1. The largest absolute Gasteiger partial charge is 0.389 e. The van der Waals surface area contributed by atoms with Crippen molar-refractivity contribution in [3.05, 3.63) is 21.3 Å². The average molecular weight is 262 g/mol. The predicted molar refractivity (Wildman–Crippen MR) is 71.3 cm³/mol. The highest BCUT2D eigenvalue weighted by Gasteiger charge is 2.20. The fourth-order valence-corrected chi connectivity index (χ4v) is 2.75. The van der Waals surface area contributed by atoms with Crippen molar-refractivity contribution in [2.24, 2.45) is 0 Å². The molecule has 0 fully saturated rings. The molecule has 1 heterocycles. The summed E-state index contributed by atoms with van der Waals surface area (Å²) in [6.45, 7) is 6.65. The second-order valence-electron chi connectivity index (χ2n) is 4.49. The molecule has 0 saturated carbocycles. The van der Waals surface area contributed by atoms with Gasteiger partial charge in [-0.25, -0.2) is 0 Å². The number of hydrogen-bond acceptors (Lipinski definition) is 3. The maximum atomic E-state index is 10.0. The number of hydrogen-bond donors (Lipinski definition) is 2. The van der Waals surface area contributed by atoms with Gasteiger partial charge in [-0.05, 0) is 32.4 Å². The molecule has 92 valence electrons. The Hall–Kier alpha value is -0.0900. The quantitative estimate of drug-likeness (QED) is 0.820. The van der Waals surface area contributed by atoms with Gasteiger partial charge in [0.25, 0.3) is 0 Å². The summed E-state index contributed by atoms with van der Waals surface area (Å²) in [6.07, 6.45) is 1.81. The molecule has 0 radical (unpaired) electrons. The summed E-state index contributed by atoms with van der Waals surface area (Å²) in [5.41, 5.74) is -0.621. The summed E-state index contributed by atoms with van der Waals surface area (Å²) >= 11 is 7.47. The minimum absolute atomic E-state index is 0.237. The summed E-state index contributed by atoms with van der Waals surface area (Å²) in [4.78, 5) is 1.21. The lowest BCUT2D eigenvalue weighted by molar-refractivity contribution is 0.0478. The minimum atomic E-state index is -0.621. The van der Waals surface area contributed by atoms with Gasteiger partial charge in [0.15, 0.2) is 0 Å². The first-order chi connectivity index (χ1) is 7.44. The van der Waals surface area contributed by atoms with Crippen LogP contribution in [0.2, 0.25) is 4.34 Å². The molecule has 1 rings (SSSR count). The van der Waals surface area contributed by atoms with Gasteiger partial charge in [-0.15, -0.1) is 11.3 Å². The van der Waals surface area contributed by atoms with Crippen LogP contribution < -0.4 is 5.32 Å². The second-order valence-corrected chi connectivity index (χ2v) is 6.24. The molecule has 1 aromatic heterocycles. The molecule has 2 unspecified atom stereocenters. The van der Waals surface area contributed by atoms with Gasteiger partial charge in [-0.1, -0.05) is 24.9 Å². The highest BCUT2D eigenvalue weighted by Crippen LogP contribution is 2.26. The van der Waals surface area contributed by atoms with E-state index in [9.17, 15) is 5.11 Å². The summed E-state index contributed by atoms with van der Waals surface area (Å²) in [5.74, 6) is 0. The molecule has 2 nitrogen and oxygen atoms in total. The number of rotatable bonds is 6. The first-order valence-electron chi connectivity index (χ1n) is 5.65. The molecule has 0 saturated heterocycles. The van der Waals surface area contributed by atoms with Crippen molar-refractivity contribution in [2.75, 3.05) is 6.54 Å². The maximum Gasteiger partial charge on any atom is 0.0931 e. The first kappa shape index (κ1) is 14.0. The molecule has 2 atom stereocenters. The first-order valence-corrected chi connectivity index (χ1v) is 6.85. The lowest BCUT2D eigenvalue weighted by Gasteiger charge is -2.25. The van der Waals surface area contributed by atoms with Crippen molar-refractivity contribution < 1.29 is 5.11 Å². The van der Waals surface area contributed by atoms with Crippen LogP contribution in [0.1, 0.15) is 44.5 Å². The Kier molecular flexibility index (Phi) is 5.25. The van der Waals surface area contributed by atoms with E-state index in [0.29, 0.717) is 6.54 Å². The van der Waals surface area contributed by atoms with E-state index in [2.05, 4.69) is 19.2 Å². The van der Waals surface area contributed by atoms with Crippen LogP contribution in [-0.4, -0.2) is 17.3 Å². The lowest BCUT2D eigenvalue weighted by Crippen LogP contribution is -2.38. The van der Waals surface area contributed by atoms with E-state index in [0.717, 1.165) is 17.2 Å². The molecule has 0 bridgehead atoms. The molecule has 0 aromatic carbocycles. The smallest absolute Gasteiger partial charge is 0.0931 e. The van der Waals surface area contributed by atoms with Crippen LogP contribution >= 0.6 is 22.9 Å². The van der Waals surface area contributed by atoms with Gasteiger partial charge in [0.05, 0.1) is 9.94 Å². The molecular weight excluding hydrogens is 242 g/mol. The van der Waals surface area contributed by atoms with Crippen molar-refractivity contribution in [1.29, 1.82) is 0 Å². The summed E-state index contributed by atoms with van der Waals surface area (Å²) < 4.78 is 0.809. The van der Waals surface area contributed by atoms with Crippen molar-refractivity contribution in [1.82, 2.24) is 5.32 Å². The van der Waals surface area contributed by atoms with Crippen LogP contribution in [0.15, 0.2) is 12.1 Å². The predicted octanol–water partition coefficient (Wildman–Crippen LogP) is 3.60. The van der Waals surface area contributed by atoms with E-state index < -0.39 is 5.60 Å². The molecule has 0 aliphatic heterocycles. The lowest BCUT2D eigenvalue weighted by atomic mass is 10.0. The van der Waals surface area contributed by atoms with E-state index >= 15 is 0 Å². The zero-order chi connectivity index (χ0) is 12.2. The normalized spacial score (nSPS) is 17.1. The molecule has 16 heavy (non-hydrogen) atoms. The van der Waals surface area contributed by atoms with Crippen molar-refractivity contribution in [3.63, 3.8) is 0 Å². The zero-order valence-corrected chi connectivity index (χ0v) is 11.7. The van der Waals surface area contributed by atoms with Gasteiger partial charge < -0.3 is 10.4 Å². The van der Waals surface area contributed by atoms with E-state index in [1.54, 1.807) is 11.3 Å². The van der Waals surface area contributed by atoms with Gasteiger partial charge in [0, 0.05) is 17.5 Å². The standard InChI is InChI=1S/C12H20ClNOS/c1-4-7-12(3,15)8-14-9(2)10-5-6-11(13)16-10/h5-6,9,14-15H,4,7-8H2,1-3H3. The zero-order valence-electron chi connectivity index (χ0n) is 10.1. The Labute approximate surface area is 107 Å². The molecule has 1 aromatic rings. The third-order valence-electron chi connectivity index (χ3n) is 2.60. The van der Waals surface area contributed by atoms with Gasteiger partial charge in [-0.3, -0.25) is 0 Å². The Bertz CT molecular complexity index is 325. The van der Waals surface area contributed by atoms with Crippen LogP contribution in [0.4, 0.5) is 0 Å². The highest BCUT2D eigenvalue weighted by atomic mass is 35.5. The molecule has 0 spiro atoms. The number of thiophene rings is 1. The van der Waals surface area contributed by atoms with E-state index in [1.807, 2.05) is 19.1 Å². The molecule has 0 aliphatic carbocycles. The van der Waals surface area contributed by atoms with E-state index in [1.165, 1.54) is 4.88 Å². The average Bonchev–Trinajstić information content (AvgIpc) is 2.61. The number of nitrogens with one attached hydrogen (secondary N) is 1. The van der Waals surface area contributed by atoms with E-state index in [-0.39, 0.29) is 6.04 Å². The van der Waals surface area contributed by atoms with Crippen molar-refractivity contribution >= 4 is 22.9 Å². The Morgan fingerprint density at radius 3 is 2.75 bits per heavy atom. The van der Waals surface area contributed by atoms with Crippen LogP contribution in [0.5, 0.6) is 0 Å². The van der Waals surface area contributed by atoms with Crippen LogP contribution in [0, 0.1) is 0 Å². The van der Waals surface area contributed by atoms with E-state index in [4.69, 9.17) is 11.6 Å². The fraction of sp³-hybridized carbons (Fsp3) is 0.667. The number of halogens is 1. The summed E-state index contributed by atoms with van der Waals surface area (Å²) in [5, 5.41) is 13.4. The Morgan fingerprint density at radius 1 is 1.56 bits per heavy atom. The van der Waals surface area contributed by atoms with Gasteiger partial charge in [-0.2, -0.15) is 0 Å². The monoisotopic (exact) mass is 261 g/mol. The third kappa shape index (κ3) is 4.42. The van der Waals surface area contributed by atoms with Gasteiger partial charge >= 0.3 is 0 Å². The Morgan fingerprint density at radius 2 is 2.25 bits per heavy atom. The molecule has 0 aliphatic rings.